The Balaban J connectivity index is 1.53. The Labute approximate surface area is 260 Å². The van der Waals surface area contributed by atoms with Crippen LogP contribution in [0.1, 0.15) is 96.1 Å². The number of amides is 4. The molecule has 0 saturated carbocycles. The molecule has 4 N–H and O–H groups in total. The van der Waals surface area contributed by atoms with Crippen LogP contribution in [0.5, 0.6) is 0 Å². The van der Waals surface area contributed by atoms with Gasteiger partial charge in [-0.15, -0.1) is 0 Å². The van der Waals surface area contributed by atoms with E-state index in [1.54, 1.807) is 25.7 Å². The number of hydrogen-bond donors (Lipinski definition) is 4. The minimum Gasteiger partial charge on any atom is -0.444 e. The first-order chi connectivity index (χ1) is 20.9. The zero-order valence-corrected chi connectivity index (χ0v) is 26.1. The van der Waals surface area contributed by atoms with Gasteiger partial charge in [0.2, 0.25) is 11.8 Å². The molecule has 3 aliphatic rings. The second kappa shape index (κ2) is 15.1. The molecule has 0 bridgehead atoms. The van der Waals surface area contributed by atoms with Crippen molar-refractivity contribution in [2.75, 3.05) is 6.54 Å². The van der Waals surface area contributed by atoms with E-state index in [1.807, 2.05) is 24.3 Å². The standard InChI is InChI=1S/C31H47BN4O8/c1-31(2,3)44-29(39)33-24-15-9-7-5-4-6-8-10-16-26(32(41)42)34-27(37)25-17-23(20-36(25)28(24)38)43-30(40)35-18-21-13-11-12-14-22(21)19-35/h11-14,23-26,41-42H,4-10,15-20H2,1-3H3,(H,33,39)(H,34,37)/t23?,24-,25-,26-/m0/s1. The van der Waals surface area contributed by atoms with Crippen LogP contribution >= 0.6 is 0 Å². The molecule has 4 rings (SSSR count). The van der Waals surface area contributed by atoms with Gasteiger partial charge in [-0.05, 0) is 44.7 Å². The molecule has 13 heteroatoms. The molecule has 2 saturated heterocycles. The van der Waals surface area contributed by atoms with Gasteiger partial charge < -0.3 is 35.1 Å². The van der Waals surface area contributed by atoms with Crippen molar-refractivity contribution < 1.29 is 38.7 Å². The maximum Gasteiger partial charge on any atom is 0.475 e. The first kappa shape index (κ1) is 33.6. The first-order valence-corrected chi connectivity index (χ1v) is 15.9. The van der Waals surface area contributed by atoms with E-state index >= 15 is 0 Å². The second-order valence-corrected chi connectivity index (χ2v) is 13.2. The Morgan fingerprint density at radius 2 is 1.55 bits per heavy atom. The lowest BCUT2D eigenvalue weighted by molar-refractivity contribution is -0.140. The number of hydrogen-bond acceptors (Lipinski definition) is 8. The van der Waals surface area contributed by atoms with Crippen LogP contribution in [-0.4, -0.2) is 87.2 Å². The fourth-order valence-electron chi connectivity index (χ4n) is 6.13. The quantitative estimate of drug-likeness (QED) is 0.379. The average Bonchev–Trinajstić information content (AvgIpc) is 3.57. The van der Waals surface area contributed by atoms with Gasteiger partial charge in [0.1, 0.15) is 23.8 Å². The van der Waals surface area contributed by atoms with Gasteiger partial charge >= 0.3 is 19.3 Å². The van der Waals surface area contributed by atoms with Crippen molar-refractivity contribution in [3.05, 3.63) is 35.4 Å². The van der Waals surface area contributed by atoms with Crippen LogP contribution in [-0.2, 0) is 32.2 Å². The van der Waals surface area contributed by atoms with E-state index in [-0.39, 0.29) is 13.0 Å². The van der Waals surface area contributed by atoms with Gasteiger partial charge in [-0.25, -0.2) is 9.59 Å². The summed E-state index contributed by atoms with van der Waals surface area (Å²) >= 11 is 0. The molecule has 0 radical (unpaired) electrons. The van der Waals surface area contributed by atoms with Crippen LogP contribution in [0, 0.1) is 0 Å². The number of fused-ring (bicyclic) bond motifs is 2. The summed E-state index contributed by atoms with van der Waals surface area (Å²) in [6.07, 6.45) is 4.88. The third-order valence-corrected chi connectivity index (χ3v) is 8.40. The highest BCUT2D eigenvalue weighted by Gasteiger charge is 2.45. The maximum atomic E-state index is 14.0. The Morgan fingerprint density at radius 1 is 0.955 bits per heavy atom. The normalized spacial score (nSPS) is 25.5. The van der Waals surface area contributed by atoms with Gasteiger partial charge in [-0.3, -0.25) is 14.5 Å². The van der Waals surface area contributed by atoms with Crippen molar-refractivity contribution in [3.8, 4) is 0 Å². The predicted octanol–water partition coefficient (Wildman–Crippen LogP) is 3.02. The molecule has 3 aliphatic heterocycles. The van der Waals surface area contributed by atoms with Crippen LogP contribution in [0.3, 0.4) is 0 Å². The van der Waals surface area contributed by atoms with Gasteiger partial charge in [-0.1, -0.05) is 69.2 Å². The maximum absolute atomic E-state index is 14.0. The van der Waals surface area contributed by atoms with Crippen LogP contribution in [0.15, 0.2) is 24.3 Å². The SMILES string of the molecule is CC(C)(C)OC(=O)N[C@H]1CCCCCCCCC[C@@H](B(O)O)NC(=O)[C@@H]2CC(OC(=O)N3Cc4ccccc4C3)CN2C1=O. The largest absolute Gasteiger partial charge is 0.475 e. The first-order valence-electron chi connectivity index (χ1n) is 15.9. The number of nitrogens with zero attached hydrogens (tertiary/aromatic N) is 2. The average molecular weight is 615 g/mol. The van der Waals surface area contributed by atoms with Gasteiger partial charge in [0, 0.05) is 19.5 Å². The predicted molar refractivity (Wildman–Crippen MR) is 163 cm³/mol. The van der Waals surface area contributed by atoms with Crippen molar-refractivity contribution >= 4 is 31.1 Å². The van der Waals surface area contributed by atoms with Crippen molar-refractivity contribution in [2.24, 2.45) is 0 Å². The molecule has 4 atom stereocenters. The Kier molecular flexibility index (Phi) is 11.5. The van der Waals surface area contributed by atoms with Gasteiger partial charge in [0.15, 0.2) is 0 Å². The van der Waals surface area contributed by atoms with Crippen LogP contribution in [0.2, 0.25) is 0 Å². The second-order valence-electron chi connectivity index (χ2n) is 13.2. The molecule has 0 aromatic heterocycles. The molecule has 242 valence electrons. The van der Waals surface area contributed by atoms with E-state index in [1.165, 1.54) is 4.90 Å². The van der Waals surface area contributed by atoms with Crippen molar-refractivity contribution in [1.82, 2.24) is 20.4 Å². The highest BCUT2D eigenvalue weighted by Crippen LogP contribution is 2.27. The number of nitrogens with one attached hydrogen (secondary N) is 2. The summed E-state index contributed by atoms with van der Waals surface area (Å²) < 4.78 is 11.3. The van der Waals surface area contributed by atoms with E-state index < -0.39 is 60.8 Å². The van der Waals surface area contributed by atoms with Crippen LogP contribution < -0.4 is 10.6 Å². The molecule has 0 spiro atoms. The van der Waals surface area contributed by atoms with E-state index in [0.29, 0.717) is 32.4 Å². The number of ether oxygens (including phenoxy) is 2. The molecule has 1 aromatic carbocycles. The summed E-state index contributed by atoms with van der Waals surface area (Å²) in [4.78, 5) is 56.5. The summed E-state index contributed by atoms with van der Waals surface area (Å²) in [5.41, 5.74) is 1.31. The number of carbonyl (C=O) groups excluding carboxylic acids is 4. The molecule has 2 fully saturated rings. The number of rotatable bonds is 3. The number of carbonyl (C=O) groups is 4. The summed E-state index contributed by atoms with van der Waals surface area (Å²) in [6.45, 7) is 5.98. The summed E-state index contributed by atoms with van der Waals surface area (Å²) in [6, 6.07) is 5.77. The highest BCUT2D eigenvalue weighted by molar-refractivity contribution is 6.43. The monoisotopic (exact) mass is 614 g/mol. The lowest BCUT2D eigenvalue weighted by Crippen LogP contribution is -2.56. The lowest BCUT2D eigenvalue weighted by Gasteiger charge is -2.30. The van der Waals surface area contributed by atoms with Gasteiger partial charge in [0.05, 0.1) is 12.5 Å². The number of alkyl carbamates (subject to hydrolysis) is 1. The third kappa shape index (κ3) is 9.34. The molecule has 3 heterocycles. The fraction of sp³-hybridized carbons (Fsp3) is 0.677. The van der Waals surface area contributed by atoms with Crippen molar-refractivity contribution in [2.45, 2.75) is 128 Å². The highest BCUT2D eigenvalue weighted by atomic mass is 16.6. The molecule has 0 aliphatic carbocycles. The lowest BCUT2D eigenvalue weighted by atomic mass is 9.76. The number of benzene rings is 1. The van der Waals surface area contributed by atoms with E-state index in [9.17, 15) is 29.2 Å². The van der Waals surface area contributed by atoms with Gasteiger partial charge in [-0.2, -0.15) is 0 Å². The fourth-order valence-corrected chi connectivity index (χ4v) is 6.13. The Hall–Kier alpha value is -3.32. The molecule has 4 amide bonds. The molecule has 1 aromatic rings. The molecule has 1 unspecified atom stereocenters. The summed E-state index contributed by atoms with van der Waals surface area (Å²) in [7, 11) is -1.77. The van der Waals surface area contributed by atoms with E-state index in [0.717, 1.165) is 49.7 Å². The topological polar surface area (TPSA) is 158 Å². The minimum absolute atomic E-state index is 0.0392. The summed E-state index contributed by atoms with van der Waals surface area (Å²) in [5, 5.41) is 25.4. The van der Waals surface area contributed by atoms with Gasteiger partial charge in [0.25, 0.3) is 0 Å². The van der Waals surface area contributed by atoms with Crippen molar-refractivity contribution in [3.63, 3.8) is 0 Å². The zero-order valence-electron chi connectivity index (χ0n) is 26.1. The smallest absolute Gasteiger partial charge is 0.444 e. The molecule has 12 nitrogen and oxygen atoms in total. The molecule has 44 heavy (non-hydrogen) atoms. The zero-order chi connectivity index (χ0) is 31.9. The third-order valence-electron chi connectivity index (χ3n) is 8.40. The Bertz CT molecular complexity index is 1150. The van der Waals surface area contributed by atoms with E-state index in [2.05, 4.69) is 10.6 Å². The van der Waals surface area contributed by atoms with Crippen LogP contribution in [0.4, 0.5) is 9.59 Å². The Morgan fingerprint density at radius 3 is 2.14 bits per heavy atom. The summed E-state index contributed by atoms with van der Waals surface area (Å²) in [5.74, 6) is -1.95. The minimum atomic E-state index is -1.77. The molecular formula is C31H47BN4O8. The van der Waals surface area contributed by atoms with E-state index in [4.69, 9.17) is 9.47 Å². The van der Waals surface area contributed by atoms with Crippen molar-refractivity contribution in [1.29, 1.82) is 0 Å². The molecular weight excluding hydrogens is 567 g/mol. The van der Waals surface area contributed by atoms with Crippen LogP contribution in [0.25, 0.3) is 0 Å².